The third-order valence-electron chi connectivity index (χ3n) is 3.43. The molecule has 0 bridgehead atoms. The molecule has 0 atom stereocenters. The lowest BCUT2D eigenvalue weighted by molar-refractivity contribution is 0.202. The Balaban J connectivity index is 2.98. The SMILES string of the molecule is CCC(CC)(CO)Nc1cccc(N)c1C. The van der Waals surface area contributed by atoms with Gasteiger partial charge < -0.3 is 16.2 Å². The van der Waals surface area contributed by atoms with E-state index in [9.17, 15) is 5.11 Å². The van der Waals surface area contributed by atoms with Crippen LogP contribution in [0.25, 0.3) is 0 Å². The van der Waals surface area contributed by atoms with E-state index in [-0.39, 0.29) is 12.1 Å². The van der Waals surface area contributed by atoms with Gasteiger partial charge in [0.25, 0.3) is 0 Å². The molecule has 3 nitrogen and oxygen atoms in total. The maximum atomic E-state index is 9.50. The second-order valence-corrected chi connectivity index (χ2v) is 4.29. The van der Waals surface area contributed by atoms with Gasteiger partial charge in [-0.25, -0.2) is 0 Å². The normalized spacial score (nSPS) is 11.5. The van der Waals surface area contributed by atoms with Crippen LogP contribution >= 0.6 is 0 Å². The van der Waals surface area contributed by atoms with Gasteiger partial charge in [0.05, 0.1) is 12.1 Å². The van der Waals surface area contributed by atoms with E-state index in [1.807, 2.05) is 25.1 Å². The van der Waals surface area contributed by atoms with E-state index < -0.39 is 0 Å². The lowest BCUT2D eigenvalue weighted by Gasteiger charge is -2.32. The third-order valence-corrected chi connectivity index (χ3v) is 3.43. The fourth-order valence-electron chi connectivity index (χ4n) is 1.76. The van der Waals surface area contributed by atoms with E-state index in [1.165, 1.54) is 0 Å². The van der Waals surface area contributed by atoms with Crippen LogP contribution in [0.15, 0.2) is 18.2 Å². The topological polar surface area (TPSA) is 58.3 Å². The van der Waals surface area contributed by atoms with Crippen LogP contribution in [0, 0.1) is 6.92 Å². The first-order chi connectivity index (χ1) is 7.58. The highest BCUT2D eigenvalue weighted by atomic mass is 16.3. The number of aliphatic hydroxyl groups is 1. The summed E-state index contributed by atoms with van der Waals surface area (Å²) in [4.78, 5) is 0. The molecular formula is C13H22N2O. The molecule has 0 aliphatic rings. The first kappa shape index (κ1) is 12.8. The molecule has 0 unspecified atom stereocenters. The Morgan fingerprint density at radius 1 is 1.31 bits per heavy atom. The van der Waals surface area contributed by atoms with Crippen LogP contribution in [0.4, 0.5) is 11.4 Å². The average molecular weight is 222 g/mol. The molecule has 0 fully saturated rings. The molecule has 0 heterocycles. The van der Waals surface area contributed by atoms with Crippen molar-refractivity contribution in [1.82, 2.24) is 0 Å². The van der Waals surface area contributed by atoms with Gasteiger partial charge in [-0.15, -0.1) is 0 Å². The van der Waals surface area contributed by atoms with Gasteiger partial charge in [-0.3, -0.25) is 0 Å². The maximum absolute atomic E-state index is 9.50. The highest BCUT2D eigenvalue weighted by Crippen LogP contribution is 2.27. The second-order valence-electron chi connectivity index (χ2n) is 4.29. The molecule has 3 heteroatoms. The van der Waals surface area contributed by atoms with Crippen molar-refractivity contribution >= 4 is 11.4 Å². The van der Waals surface area contributed by atoms with Crippen molar-refractivity contribution in [2.45, 2.75) is 39.2 Å². The summed E-state index contributed by atoms with van der Waals surface area (Å²) in [5.41, 5.74) is 8.46. The van der Waals surface area contributed by atoms with Crippen molar-refractivity contribution in [3.05, 3.63) is 23.8 Å². The molecule has 0 aliphatic heterocycles. The Bertz CT molecular complexity index is 338. The molecule has 0 spiro atoms. The summed E-state index contributed by atoms with van der Waals surface area (Å²) in [7, 11) is 0. The van der Waals surface area contributed by atoms with E-state index in [2.05, 4.69) is 19.2 Å². The number of benzene rings is 1. The van der Waals surface area contributed by atoms with Crippen molar-refractivity contribution < 1.29 is 5.11 Å². The van der Waals surface area contributed by atoms with Crippen LogP contribution in [0.3, 0.4) is 0 Å². The average Bonchev–Trinajstić information content (AvgIpc) is 2.32. The molecule has 1 aromatic carbocycles. The van der Waals surface area contributed by atoms with E-state index in [0.717, 1.165) is 29.8 Å². The van der Waals surface area contributed by atoms with Crippen molar-refractivity contribution in [3.8, 4) is 0 Å². The Kier molecular flexibility index (Phi) is 4.19. The van der Waals surface area contributed by atoms with Crippen molar-refractivity contribution in [2.75, 3.05) is 17.7 Å². The number of hydrogen-bond donors (Lipinski definition) is 3. The first-order valence-corrected chi connectivity index (χ1v) is 5.82. The number of aliphatic hydroxyl groups excluding tert-OH is 1. The minimum atomic E-state index is -0.238. The van der Waals surface area contributed by atoms with Crippen LogP contribution in [-0.2, 0) is 0 Å². The van der Waals surface area contributed by atoms with Crippen molar-refractivity contribution in [1.29, 1.82) is 0 Å². The largest absolute Gasteiger partial charge is 0.398 e. The Hall–Kier alpha value is -1.22. The number of nitrogen functional groups attached to an aromatic ring is 1. The van der Waals surface area contributed by atoms with Crippen LogP contribution < -0.4 is 11.1 Å². The van der Waals surface area contributed by atoms with E-state index in [1.54, 1.807) is 0 Å². The number of nitrogens with one attached hydrogen (secondary N) is 1. The maximum Gasteiger partial charge on any atom is 0.0661 e. The van der Waals surface area contributed by atoms with Crippen molar-refractivity contribution in [2.24, 2.45) is 0 Å². The van der Waals surface area contributed by atoms with Gasteiger partial charge in [-0.05, 0) is 37.5 Å². The zero-order valence-electron chi connectivity index (χ0n) is 10.4. The lowest BCUT2D eigenvalue weighted by Crippen LogP contribution is -2.41. The molecule has 0 aliphatic carbocycles. The molecule has 90 valence electrons. The van der Waals surface area contributed by atoms with Gasteiger partial charge in [-0.2, -0.15) is 0 Å². The summed E-state index contributed by atoms with van der Waals surface area (Å²) >= 11 is 0. The summed E-state index contributed by atoms with van der Waals surface area (Å²) < 4.78 is 0. The monoisotopic (exact) mass is 222 g/mol. The van der Waals surface area contributed by atoms with Crippen LogP contribution in [0.1, 0.15) is 32.3 Å². The lowest BCUT2D eigenvalue weighted by atomic mass is 9.93. The molecule has 0 radical (unpaired) electrons. The Labute approximate surface area is 97.7 Å². The van der Waals surface area contributed by atoms with E-state index >= 15 is 0 Å². The molecule has 1 aromatic rings. The summed E-state index contributed by atoms with van der Waals surface area (Å²) in [6.07, 6.45) is 1.77. The van der Waals surface area contributed by atoms with Crippen LogP contribution in [0.5, 0.6) is 0 Å². The highest BCUT2D eigenvalue weighted by Gasteiger charge is 2.25. The fraction of sp³-hybridized carbons (Fsp3) is 0.538. The van der Waals surface area contributed by atoms with Crippen LogP contribution in [0.2, 0.25) is 0 Å². The number of hydrogen-bond acceptors (Lipinski definition) is 3. The fourth-order valence-corrected chi connectivity index (χ4v) is 1.76. The molecule has 0 aromatic heterocycles. The molecule has 0 saturated carbocycles. The predicted molar refractivity (Wildman–Crippen MR) is 69.6 cm³/mol. The van der Waals surface area contributed by atoms with Gasteiger partial charge in [0.15, 0.2) is 0 Å². The van der Waals surface area contributed by atoms with Gasteiger partial charge in [0.1, 0.15) is 0 Å². The third kappa shape index (κ3) is 2.47. The minimum Gasteiger partial charge on any atom is -0.398 e. The summed E-state index contributed by atoms with van der Waals surface area (Å²) in [5, 5.41) is 12.9. The molecule has 0 amide bonds. The zero-order valence-corrected chi connectivity index (χ0v) is 10.4. The molecule has 0 saturated heterocycles. The first-order valence-electron chi connectivity index (χ1n) is 5.82. The van der Waals surface area contributed by atoms with Gasteiger partial charge in [0.2, 0.25) is 0 Å². The van der Waals surface area contributed by atoms with E-state index in [0.29, 0.717) is 0 Å². The molecule has 4 N–H and O–H groups in total. The molecule has 1 rings (SSSR count). The van der Waals surface area contributed by atoms with Gasteiger partial charge in [-0.1, -0.05) is 19.9 Å². The minimum absolute atomic E-state index is 0.133. The molecular weight excluding hydrogens is 200 g/mol. The highest BCUT2D eigenvalue weighted by molar-refractivity contribution is 5.63. The van der Waals surface area contributed by atoms with Gasteiger partial charge in [0, 0.05) is 11.4 Å². The zero-order chi connectivity index (χ0) is 12.2. The summed E-state index contributed by atoms with van der Waals surface area (Å²) in [6, 6.07) is 5.82. The predicted octanol–water partition coefficient (Wildman–Crippen LogP) is 2.54. The summed E-state index contributed by atoms with van der Waals surface area (Å²) in [5.74, 6) is 0. The summed E-state index contributed by atoms with van der Waals surface area (Å²) in [6.45, 7) is 6.28. The van der Waals surface area contributed by atoms with Crippen LogP contribution in [-0.4, -0.2) is 17.3 Å². The number of anilines is 2. The number of nitrogens with two attached hydrogens (primary N) is 1. The van der Waals surface area contributed by atoms with E-state index in [4.69, 9.17) is 5.73 Å². The second kappa shape index (κ2) is 5.21. The Morgan fingerprint density at radius 2 is 1.94 bits per heavy atom. The standard InChI is InChI=1S/C13H22N2O/c1-4-13(5-2,9-16)15-12-8-6-7-11(14)10(12)3/h6-8,15-16H,4-5,9,14H2,1-3H3. The molecule has 16 heavy (non-hydrogen) atoms. The quantitative estimate of drug-likeness (QED) is 0.671. The smallest absolute Gasteiger partial charge is 0.0661 e. The van der Waals surface area contributed by atoms with Gasteiger partial charge >= 0.3 is 0 Å². The Morgan fingerprint density at radius 3 is 2.44 bits per heavy atom. The number of rotatable bonds is 5. The van der Waals surface area contributed by atoms with Crippen molar-refractivity contribution in [3.63, 3.8) is 0 Å².